The highest BCUT2D eigenvalue weighted by molar-refractivity contribution is 6.03. The van der Waals surface area contributed by atoms with E-state index in [0.29, 0.717) is 17.7 Å². The Balaban J connectivity index is 1.35. The molecule has 2 fully saturated rings. The van der Waals surface area contributed by atoms with Crippen LogP contribution >= 0.6 is 0 Å². The van der Waals surface area contributed by atoms with Crippen molar-refractivity contribution in [3.8, 4) is 0 Å². The number of aliphatic hydroxyl groups excluding tert-OH is 5. The fourth-order valence-electron chi connectivity index (χ4n) is 5.88. The molecule has 6 N–H and O–H groups in total. The number of aliphatic hydroxyl groups is 5. The number of carboxylic acids is 1. The van der Waals surface area contributed by atoms with Crippen molar-refractivity contribution in [1.29, 1.82) is 0 Å². The lowest BCUT2D eigenvalue weighted by Crippen LogP contribution is -2.59. The van der Waals surface area contributed by atoms with E-state index >= 15 is 0 Å². The van der Waals surface area contributed by atoms with E-state index in [2.05, 4.69) is 0 Å². The molecule has 10 nitrogen and oxygen atoms in total. The number of rotatable bonds is 10. The van der Waals surface area contributed by atoms with Crippen LogP contribution in [0.3, 0.4) is 0 Å². The molecule has 0 saturated carbocycles. The van der Waals surface area contributed by atoms with Gasteiger partial charge in [-0.3, -0.25) is 4.79 Å². The smallest absolute Gasteiger partial charge is 0.335 e. The quantitative estimate of drug-likeness (QED) is 0.192. The second-order valence-electron chi connectivity index (χ2n) is 11.1. The maximum atomic E-state index is 13.4. The molecule has 0 aliphatic carbocycles. The van der Waals surface area contributed by atoms with Crippen molar-refractivity contribution in [2.24, 2.45) is 5.92 Å². The maximum absolute atomic E-state index is 13.4. The molecule has 1 amide bonds. The Morgan fingerprint density at radius 1 is 0.884 bits per heavy atom. The van der Waals surface area contributed by atoms with E-state index in [-0.39, 0.29) is 24.3 Å². The van der Waals surface area contributed by atoms with Crippen molar-refractivity contribution in [1.82, 2.24) is 0 Å². The number of amides is 1. The molecule has 228 valence electrons. The van der Waals surface area contributed by atoms with Gasteiger partial charge in [0.15, 0.2) is 0 Å². The number of carbonyl (C=O) groups is 2. The summed E-state index contributed by atoms with van der Waals surface area (Å²) < 4.78 is 18.9. The van der Waals surface area contributed by atoms with Crippen LogP contribution in [-0.2, 0) is 16.0 Å². The number of anilines is 1. The number of hydrogen-bond acceptors (Lipinski definition) is 8. The molecule has 0 spiro atoms. The predicted molar refractivity (Wildman–Crippen MR) is 152 cm³/mol. The van der Waals surface area contributed by atoms with Crippen molar-refractivity contribution in [3.63, 3.8) is 0 Å². The molecule has 0 aromatic heterocycles. The number of ether oxygens (including phenoxy) is 1. The lowest BCUT2D eigenvalue weighted by molar-refractivity contribution is -0.228. The lowest BCUT2D eigenvalue weighted by atomic mass is 9.78. The normalized spacial score (nSPS) is 27.9. The molecule has 2 saturated heterocycles. The Morgan fingerprint density at radius 2 is 1.51 bits per heavy atom. The van der Waals surface area contributed by atoms with Crippen molar-refractivity contribution < 1.29 is 49.4 Å². The summed E-state index contributed by atoms with van der Waals surface area (Å²) in [6.45, 7) is -0.517. The topological polar surface area (TPSA) is 168 Å². The van der Waals surface area contributed by atoms with Gasteiger partial charge in [0.25, 0.3) is 0 Å². The van der Waals surface area contributed by atoms with Gasteiger partial charge in [-0.1, -0.05) is 36.4 Å². The molecule has 2 aliphatic heterocycles. The standard InChI is InChI=1S/C32H34FNO9/c33-21-9-5-18(6-10-21)24(36)14-13-23-27(34(31(23)40)22-11-7-20(8-12-22)32(41)42)19-3-1-17(2-4-19)15-25-28(37)30(39)29(38)26(16-35)43-25/h1-12,23-30,35-39H,13-16H2,(H,41,42). The second kappa shape index (κ2) is 12.9. The number of aromatic carboxylic acids is 1. The van der Waals surface area contributed by atoms with Gasteiger partial charge >= 0.3 is 5.97 Å². The Labute approximate surface area is 247 Å². The zero-order valence-electron chi connectivity index (χ0n) is 23.1. The largest absolute Gasteiger partial charge is 0.478 e. The van der Waals surface area contributed by atoms with Gasteiger partial charge in [-0.25, -0.2) is 9.18 Å². The van der Waals surface area contributed by atoms with Crippen LogP contribution in [0.25, 0.3) is 0 Å². The molecule has 43 heavy (non-hydrogen) atoms. The first-order valence-corrected chi connectivity index (χ1v) is 14.1. The van der Waals surface area contributed by atoms with Gasteiger partial charge in [0.2, 0.25) is 5.91 Å². The average molecular weight is 596 g/mol. The SMILES string of the molecule is O=C(O)c1ccc(N2C(=O)C(CCC(O)c3ccc(F)cc3)C2c2ccc(CC3OC(CO)C(O)C(O)C3O)cc2)cc1. The monoisotopic (exact) mass is 595 g/mol. The van der Waals surface area contributed by atoms with Crippen LogP contribution in [0.5, 0.6) is 0 Å². The summed E-state index contributed by atoms with van der Waals surface area (Å²) in [5.74, 6) is -2.15. The average Bonchev–Trinajstić information content (AvgIpc) is 3.01. The van der Waals surface area contributed by atoms with Crippen LogP contribution < -0.4 is 4.90 Å². The minimum absolute atomic E-state index is 0.0878. The highest BCUT2D eigenvalue weighted by atomic mass is 19.1. The Bertz CT molecular complexity index is 1410. The number of β-lactam (4-membered cyclic amide) rings is 1. The van der Waals surface area contributed by atoms with E-state index in [0.717, 1.165) is 11.1 Å². The fourth-order valence-corrected chi connectivity index (χ4v) is 5.88. The summed E-state index contributed by atoms with van der Waals surface area (Å²) in [4.78, 5) is 26.3. The van der Waals surface area contributed by atoms with E-state index < -0.39 is 67.0 Å². The van der Waals surface area contributed by atoms with Crippen LogP contribution in [0.15, 0.2) is 72.8 Å². The summed E-state index contributed by atoms with van der Waals surface area (Å²) in [5, 5.41) is 60.0. The van der Waals surface area contributed by atoms with Crippen molar-refractivity contribution in [2.75, 3.05) is 11.5 Å². The van der Waals surface area contributed by atoms with Gasteiger partial charge in [-0.2, -0.15) is 0 Å². The van der Waals surface area contributed by atoms with Crippen LogP contribution in [0.4, 0.5) is 10.1 Å². The molecule has 11 heteroatoms. The third-order valence-corrected chi connectivity index (χ3v) is 8.36. The first-order valence-electron chi connectivity index (χ1n) is 14.1. The molecule has 5 rings (SSSR count). The number of hydrogen-bond donors (Lipinski definition) is 6. The molecular formula is C32H34FNO9. The van der Waals surface area contributed by atoms with Crippen molar-refractivity contribution in [2.45, 2.75) is 61.9 Å². The summed E-state index contributed by atoms with van der Waals surface area (Å²) in [6.07, 6.45) is -6.22. The minimum atomic E-state index is -1.47. The Kier molecular flexibility index (Phi) is 9.21. The van der Waals surface area contributed by atoms with Gasteiger partial charge in [0.05, 0.1) is 36.3 Å². The van der Waals surface area contributed by atoms with Crippen molar-refractivity contribution in [3.05, 3.63) is 101 Å². The summed E-state index contributed by atoms with van der Waals surface area (Å²) in [6, 6.07) is 18.4. The van der Waals surface area contributed by atoms with Crippen LogP contribution in [0, 0.1) is 11.7 Å². The molecular weight excluding hydrogens is 561 g/mol. The zero-order chi connectivity index (χ0) is 30.8. The molecule has 2 aliphatic rings. The number of halogens is 1. The van der Waals surface area contributed by atoms with Crippen molar-refractivity contribution >= 4 is 17.6 Å². The van der Waals surface area contributed by atoms with E-state index in [1.165, 1.54) is 36.4 Å². The summed E-state index contributed by atoms with van der Waals surface area (Å²) >= 11 is 0. The molecule has 8 unspecified atom stereocenters. The molecule has 0 radical (unpaired) electrons. The van der Waals surface area contributed by atoms with Gasteiger partial charge in [0, 0.05) is 12.1 Å². The summed E-state index contributed by atoms with van der Waals surface area (Å²) in [7, 11) is 0. The van der Waals surface area contributed by atoms with Gasteiger partial charge in [0.1, 0.15) is 30.2 Å². The fraction of sp³-hybridized carbons (Fsp3) is 0.375. The highest BCUT2D eigenvalue weighted by Crippen LogP contribution is 2.46. The van der Waals surface area contributed by atoms with E-state index in [1.807, 2.05) is 12.1 Å². The second-order valence-corrected chi connectivity index (χ2v) is 11.1. The molecule has 8 atom stereocenters. The lowest BCUT2D eigenvalue weighted by Gasteiger charge is -2.48. The Hall–Kier alpha value is -3.71. The maximum Gasteiger partial charge on any atom is 0.335 e. The number of nitrogens with zero attached hydrogens (tertiary/aromatic N) is 1. The predicted octanol–water partition coefficient (Wildman–Crippen LogP) is 2.13. The highest BCUT2D eigenvalue weighted by Gasteiger charge is 2.48. The van der Waals surface area contributed by atoms with Crippen LogP contribution in [-0.4, -0.2) is 79.6 Å². The Morgan fingerprint density at radius 3 is 2.12 bits per heavy atom. The third-order valence-electron chi connectivity index (χ3n) is 8.36. The molecule has 2 heterocycles. The van der Waals surface area contributed by atoms with E-state index in [1.54, 1.807) is 29.2 Å². The van der Waals surface area contributed by atoms with Gasteiger partial charge < -0.3 is 40.3 Å². The van der Waals surface area contributed by atoms with E-state index in [9.17, 15) is 44.6 Å². The third kappa shape index (κ3) is 6.32. The van der Waals surface area contributed by atoms with Crippen LogP contribution in [0.1, 0.15) is 52.0 Å². The number of carbonyl (C=O) groups excluding carboxylic acids is 1. The first kappa shape index (κ1) is 30.7. The summed E-state index contributed by atoms with van der Waals surface area (Å²) in [5.41, 5.74) is 2.70. The van der Waals surface area contributed by atoms with Gasteiger partial charge in [-0.05, 0) is 65.9 Å². The number of benzene rings is 3. The number of carboxylic acid groups (broad SMARTS) is 1. The van der Waals surface area contributed by atoms with Crippen LogP contribution in [0.2, 0.25) is 0 Å². The first-order chi connectivity index (χ1) is 20.6. The molecule has 0 bridgehead atoms. The molecule has 3 aromatic carbocycles. The zero-order valence-corrected chi connectivity index (χ0v) is 23.1. The minimum Gasteiger partial charge on any atom is -0.478 e. The van der Waals surface area contributed by atoms with Gasteiger partial charge in [-0.15, -0.1) is 0 Å². The van der Waals surface area contributed by atoms with E-state index in [4.69, 9.17) is 4.74 Å². The molecule has 3 aromatic rings.